The van der Waals surface area contributed by atoms with Gasteiger partial charge in [-0.3, -0.25) is 0 Å². The number of aromatic nitrogens is 1. The summed E-state index contributed by atoms with van der Waals surface area (Å²) in [6.45, 7) is 2.13. The van der Waals surface area contributed by atoms with Crippen LogP contribution in [0, 0.1) is 0 Å². The van der Waals surface area contributed by atoms with E-state index in [1.165, 1.54) is 0 Å². The number of hydrogen-bond donors (Lipinski definition) is 1. The Balaban J connectivity index is 2.02. The first-order valence-corrected chi connectivity index (χ1v) is 7.42. The molecule has 0 aliphatic carbocycles. The number of rotatable bonds is 5. The fourth-order valence-electron chi connectivity index (χ4n) is 1.60. The monoisotopic (exact) mass is 280 g/mol. The van der Waals surface area contributed by atoms with Gasteiger partial charge in [-0.15, -0.1) is 11.3 Å². The quantitative estimate of drug-likeness (QED) is 0.853. The maximum absolute atomic E-state index is 6.26. The Labute approximate surface area is 115 Å². The van der Waals surface area contributed by atoms with Crippen molar-refractivity contribution < 1.29 is 4.74 Å². The molecule has 0 aliphatic heterocycles. The molecular formula is C13H16N2OS2. The molecular weight excluding hydrogens is 264 g/mol. The summed E-state index contributed by atoms with van der Waals surface area (Å²) >= 11 is 3.36. The van der Waals surface area contributed by atoms with Crippen molar-refractivity contribution in [1.82, 2.24) is 4.98 Å². The smallest absolute Gasteiger partial charge is 0.150 e. The van der Waals surface area contributed by atoms with Crippen LogP contribution in [0.2, 0.25) is 0 Å². The lowest BCUT2D eigenvalue weighted by Crippen LogP contribution is -2.20. The van der Waals surface area contributed by atoms with Crippen LogP contribution in [0.3, 0.4) is 0 Å². The summed E-state index contributed by atoms with van der Waals surface area (Å²) in [5.74, 6) is 0.853. The van der Waals surface area contributed by atoms with Gasteiger partial charge in [0.15, 0.2) is 0 Å². The van der Waals surface area contributed by atoms with Crippen LogP contribution >= 0.6 is 23.1 Å². The van der Waals surface area contributed by atoms with Crippen molar-refractivity contribution in [3.05, 3.63) is 41.4 Å². The molecule has 2 atom stereocenters. The molecule has 1 aromatic carbocycles. The van der Waals surface area contributed by atoms with Gasteiger partial charge in [-0.2, -0.15) is 0 Å². The van der Waals surface area contributed by atoms with Crippen LogP contribution in [-0.2, 0) is 0 Å². The molecule has 0 spiro atoms. The molecule has 0 bridgehead atoms. The largest absolute Gasteiger partial charge is 0.497 e. The van der Waals surface area contributed by atoms with Crippen LogP contribution in [0.4, 0.5) is 0 Å². The lowest BCUT2D eigenvalue weighted by molar-refractivity contribution is 0.414. The first-order chi connectivity index (χ1) is 8.70. The van der Waals surface area contributed by atoms with Crippen LogP contribution in [-0.4, -0.2) is 17.3 Å². The van der Waals surface area contributed by atoms with Crippen LogP contribution in [0.15, 0.2) is 40.2 Å². The zero-order chi connectivity index (χ0) is 13.0. The highest BCUT2D eigenvalue weighted by Gasteiger charge is 2.17. The number of nitrogens with zero attached hydrogens (tertiary/aromatic N) is 1. The molecule has 2 rings (SSSR count). The molecule has 2 N–H and O–H groups in total. The summed E-state index contributed by atoms with van der Waals surface area (Å²) in [4.78, 5) is 4.27. The van der Waals surface area contributed by atoms with Crippen LogP contribution in [0.1, 0.15) is 18.5 Å². The Morgan fingerprint density at radius 3 is 2.61 bits per heavy atom. The molecule has 18 heavy (non-hydrogen) atoms. The van der Waals surface area contributed by atoms with Gasteiger partial charge in [0, 0.05) is 22.9 Å². The molecule has 2 aromatic rings. The second-order valence-electron chi connectivity index (χ2n) is 3.92. The van der Waals surface area contributed by atoms with Crippen molar-refractivity contribution in [1.29, 1.82) is 0 Å². The van der Waals surface area contributed by atoms with Gasteiger partial charge in [0.2, 0.25) is 0 Å². The second-order valence-corrected chi connectivity index (χ2v) is 6.44. The van der Waals surface area contributed by atoms with E-state index in [0.717, 1.165) is 15.7 Å². The Morgan fingerprint density at radius 2 is 2.06 bits per heavy atom. The third kappa shape index (κ3) is 3.25. The molecule has 0 fully saturated rings. The van der Waals surface area contributed by atoms with E-state index in [1.54, 1.807) is 30.2 Å². The van der Waals surface area contributed by atoms with E-state index < -0.39 is 0 Å². The Hall–Kier alpha value is -1.04. The normalized spacial score (nSPS) is 14.2. The molecule has 1 aromatic heterocycles. The Kier molecular flexibility index (Phi) is 4.63. The van der Waals surface area contributed by atoms with E-state index in [0.29, 0.717) is 0 Å². The van der Waals surface area contributed by atoms with Crippen molar-refractivity contribution in [2.24, 2.45) is 5.73 Å². The molecule has 0 amide bonds. The predicted octanol–water partition coefficient (Wildman–Crippen LogP) is 3.33. The first-order valence-electron chi connectivity index (χ1n) is 5.66. The van der Waals surface area contributed by atoms with Crippen molar-refractivity contribution >= 4 is 23.1 Å². The average molecular weight is 280 g/mol. The molecule has 5 heteroatoms. The maximum Gasteiger partial charge on any atom is 0.150 e. The second kappa shape index (κ2) is 6.22. The fourth-order valence-corrected chi connectivity index (χ4v) is 3.55. The lowest BCUT2D eigenvalue weighted by Gasteiger charge is -2.19. The molecule has 0 aliphatic rings. The van der Waals surface area contributed by atoms with Gasteiger partial charge in [-0.05, 0) is 17.7 Å². The Morgan fingerprint density at radius 1 is 1.33 bits per heavy atom. The number of nitrogens with two attached hydrogens (primary N) is 1. The van der Waals surface area contributed by atoms with Crippen molar-refractivity contribution in [2.45, 2.75) is 22.6 Å². The van der Waals surface area contributed by atoms with Gasteiger partial charge in [0.1, 0.15) is 10.1 Å². The van der Waals surface area contributed by atoms with Gasteiger partial charge in [0.05, 0.1) is 7.11 Å². The molecule has 0 saturated heterocycles. The molecule has 0 saturated carbocycles. The van der Waals surface area contributed by atoms with E-state index >= 15 is 0 Å². The number of benzene rings is 1. The zero-order valence-corrected chi connectivity index (χ0v) is 12.0. The molecule has 96 valence electrons. The molecule has 0 radical (unpaired) electrons. The standard InChI is InChI=1S/C13H16N2OS2/c1-9(18-13-15-7-8-17-13)12(14)10-3-5-11(16-2)6-4-10/h3-9,12H,14H2,1-2H3. The number of thiazole rings is 1. The molecule has 2 unspecified atom stereocenters. The minimum absolute atomic E-state index is 0.00944. The van der Waals surface area contributed by atoms with Gasteiger partial charge < -0.3 is 10.5 Å². The minimum atomic E-state index is -0.00944. The number of thioether (sulfide) groups is 1. The Bertz CT molecular complexity index is 470. The van der Waals surface area contributed by atoms with Gasteiger partial charge in [-0.25, -0.2) is 4.98 Å². The minimum Gasteiger partial charge on any atom is -0.497 e. The SMILES string of the molecule is COc1ccc(C(N)C(C)Sc2nccs2)cc1. The van der Waals surface area contributed by atoms with Gasteiger partial charge >= 0.3 is 0 Å². The molecule has 3 nitrogen and oxygen atoms in total. The molecule has 1 heterocycles. The third-order valence-corrected chi connectivity index (χ3v) is 4.82. The number of hydrogen-bond acceptors (Lipinski definition) is 5. The van der Waals surface area contributed by atoms with Crippen molar-refractivity contribution in [2.75, 3.05) is 7.11 Å². The van der Waals surface area contributed by atoms with Gasteiger partial charge in [0.25, 0.3) is 0 Å². The maximum atomic E-state index is 6.26. The van der Waals surface area contributed by atoms with Crippen molar-refractivity contribution in [3.63, 3.8) is 0 Å². The summed E-state index contributed by atoms with van der Waals surface area (Å²) in [5.41, 5.74) is 7.38. The topological polar surface area (TPSA) is 48.1 Å². The predicted molar refractivity (Wildman–Crippen MR) is 77.4 cm³/mol. The summed E-state index contributed by atoms with van der Waals surface area (Å²) in [6.07, 6.45) is 1.82. The fraction of sp³-hybridized carbons (Fsp3) is 0.308. The zero-order valence-electron chi connectivity index (χ0n) is 10.4. The number of ether oxygens (including phenoxy) is 1. The van der Waals surface area contributed by atoms with E-state index in [9.17, 15) is 0 Å². The summed E-state index contributed by atoms with van der Waals surface area (Å²) in [7, 11) is 1.66. The van der Waals surface area contributed by atoms with Crippen LogP contribution < -0.4 is 10.5 Å². The van der Waals surface area contributed by atoms with Crippen LogP contribution in [0.5, 0.6) is 5.75 Å². The summed E-state index contributed by atoms with van der Waals surface area (Å²) in [6, 6.07) is 7.90. The lowest BCUT2D eigenvalue weighted by atomic mass is 10.1. The average Bonchev–Trinajstić information content (AvgIpc) is 2.91. The van der Waals surface area contributed by atoms with Gasteiger partial charge in [-0.1, -0.05) is 30.8 Å². The summed E-state index contributed by atoms with van der Waals surface area (Å²) in [5, 5.41) is 2.26. The number of methoxy groups -OCH3 is 1. The first kappa shape index (κ1) is 13.4. The van der Waals surface area contributed by atoms with E-state index in [1.807, 2.05) is 35.8 Å². The van der Waals surface area contributed by atoms with Crippen molar-refractivity contribution in [3.8, 4) is 5.75 Å². The highest BCUT2D eigenvalue weighted by Crippen LogP contribution is 2.32. The third-order valence-electron chi connectivity index (χ3n) is 2.70. The summed E-state index contributed by atoms with van der Waals surface area (Å²) < 4.78 is 6.20. The van der Waals surface area contributed by atoms with E-state index in [-0.39, 0.29) is 11.3 Å². The highest BCUT2D eigenvalue weighted by atomic mass is 32.2. The highest BCUT2D eigenvalue weighted by molar-refractivity contribution is 8.01. The van der Waals surface area contributed by atoms with Crippen LogP contribution in [0.25, 0.3) is 0 Å². The van der Waals surface area contributed by atoms with E-state index in [2.05, 4.69) is 11.9 Å². The van der Waals surface area contributed by atoms with E-state index in [4.69, 9.17) is 10.5 Å².